The smallest absolute Gasteiger partial charge is 0.334 e. The van der Waals surface area contributed by atoms with Crippen molar-refractivity contribution in [3.05, 3.63) is 15.8 Å². The molecule has 0 aliphatic rings. The Labute approximate surface area is 110 Å². The van der Waals surface area contributed by atoms with E-state index in [0.717, 1.165) is 0 Å². The van der Waals surface area contributed by atoms with E-state index in [1.54, 1.807) is 14.0 Å². The van der Waals surface area contributed by atoms with Gasteiger partial charge in [-0.15, -0.1) is 0 Å². The Balaban J connectivity index is 2.99. The molecule has 106 valence electrons. The zero-order chi connectivity index (χ0) is 14.6. The zero-order valence-electron chi connectivity index (χ0n) is 11.5. The first-order chi connectivity index (χ1) is 8.88. The number of ether oxygens (including phenoxy) is 1. The molecule has 0 saturated carbocycles. The number of rotatable bonds is 6. The van der Waals surface area contributed by atoms with Crippen LogP contribution in [0, 0.1) is 10.1 Å². The third-order valence-electron chi connectivity index (χ3n) is 2.48. The van der Waals surface area contributed by atoms with E-state index in [4.69, 9.17) is 4.74 Å². The summed E-state index contributed by atoms with van der Waals surface area (Å²) in [5.41, 5.74) is 0.292. The molecule has 1 aromatic rings. The lowest BCUT2D eigenvalue weighted by atomic mass is 10.1. The normalized spacial score (nSPS) is 10.6. The molecule has 0 amide bonds. The van der Waals surface area contributed by atoms with Crippen molar-refractivity contribution in [1.82, 2.24) is 9.78 Å². The van der Waals surface area contributed by atoms with Gasteiger partial charge in [0.25, 0.3) is 0 Å². The van der Waals surface area contributed by atoms with Gasteiger partial charge in [-0.05, 0) is 6.92 Å². The van der Waals surface area contributed by atoms with Gasteiger partial charge in [0, 0.05) is 13.0 Å². The first kappa shape index (κ1) is 14.9. The van der Waals surface area contributed by atoms with Crippen LogP contribution in [0.3, 0.4) is 0 Å². The third-order valence-corrected chi connectivity index (χ3v) is 2.48. The van der Waals surface area contributed by atoms with Crippen molar-refractivity contribution in [3.63, 3.8) is 0 Å². The van der Waals surface area contributed by atoms with Crippen LogP contribution in [-0.4, -0.2) is 33.8 Å². The fourth-order valence-electron chi connectivity index (χ4n) is 1.67. The van der Waals surface area contributed by atoms with E-state index < -0.39 is 10.9 Å². The molecule has 0 atom stereocenters. The van der Waals surface area contributed by atoms with Crippen molar-refractivity contribution in [2.45, 2.75) is 26.7 Å². The largest absolute Gasteiger partial charge is 0.465 e. The molecule has 1 aromatic heterocycles. The highest BCUT2D eigenvalue weighted by Crippen LogP contribution is 2.32. The summed E-state index contributed by atoms with van der Waals surface area (Å²) in [4.78, 5) is 21.9. The number of nitrogens with one attached hydrogen (secondary N) is 1. The van der Waals surface area contributed by atoms with Gasteiger partial charge in [-0.3, -0.25) is 14.9 Å². The highest BCUT2D eigenvalue weighted by molar-refractivity contribution is 5.76. The van der Waals surface area contributed by atoms with Crippen LogP contribution in [-0.2, 0) is 16.6 Å². The van der Waals surface area contributed by atoms with E-state index in [-0.39, 0.29) is 30.6 Å². The van der Waals surface area contributed by atoms with E-state index in [9.17, 15) is 14.9 Å². The van der Waals surface area contributed by atoms with Crippen molar-refractivity contribution in [2.24, 2.45) is 7.05 Å². The second-order valence-electron chi connectivity index (χ2n) is 4.28. The molecule has 19 heavy (non-hydrogen) atoms. The minimum Gasteiger partial charge on any atom is -0.465 e. The molecule has 0 saturated heterocycles. The molecule has 8 nitrogen and oxygen atoms in total. The number of carbonyl (C=O) groups excluding carboxylic acids is 1. The predicted molar refractivity (Wildman–Crippen MR) is 69.1 cm³/mol. The topological polar surface area (TPSA) is 99.3 Å². The Bertz CT molecular complexity index is 481. The number of aromatic nitrogens is 2. The number of aryl methyl sites for hydroxylation is 1. The fraction of sp³-hybridized carbons (Fsp3) is 0.636. The molecule has 1 heterocycles. The van der Waals surface area contributed by atoms with Gasteiger partial charge in [0.2, 0.25) is 5.82 Å². The summed E-state index contributed by atoms with van der Waals surface area (Å²) in [6.45, 7) is 5.48. The van der Waals surface area contributed by atoms with E-state index in [1.165, 1.54) is 4.68 Å². The minimum absolute atomic E-state index is 0.0789. The highest BCUT2D eigenvalue weighted by atomic mass is 16.6. The highest BCUT2D eigenvalue weighted by Gasteiger charge is 2.28. The number of hydrogen-bond acceptors (Lipinski definition) is 6. The predicted octanol–water partition coefficient (Wildman–Crippen LogP) is 1.43. The van der Waals surface area contributed by atoms with E-state index in [0.29, 0.717) is 5.69 Å². The van der Waals surface area contributed by atoms with Crippen LogP contribution in [0.1, 0.15) is 32.4 Å². The van der Waals surface area contributed by atoms with E-state index >= 15 is 0 Å². The SMILES string of the molecule is CCOC(=O)CNc1c([N+](=O)[O-])c(C(C)C)nn1C. The van der Waals surface area contributed by atoms with Gasteiger partial charge in [0.1, 0.15) is 12.2 Å². The molecule has 0 bridgehead atoms. The molecule has 0 spiro atoms. The molecular weight excluding hydrogens is 252 g/mol. The number of carbonyl (C=O) groups is 1. The lowest BCUT2D eigenvalue weighted by Crippen LogP contribution is -2.18. The lowest BCUT2D eigenvalue weighted by molar-refractivity contribution is -0.384. The molecule has 0 fully saturated rings. The van der Waals surface area contributed by atoms with Gasteiger partial charge in [0.15, 0.2) is 0 Å². The second kappa shape index (κ2) is 6.17. The first-order valence-electron chi connectivity index (χ1n) is 5.99. The number of hydrogen-bond donors (Lipinski definition) is 1. The average molecular weight is 270 g/mol. The second-order valence-corrected chi connectivity index (χ2v) is 4.28. The van der Waals surface area contributed by atoms with Crippen LogP contribution in [0.15, 0.2) is 0 Å². The molecule has 1 N–H and O–H groups in total. The number of anilines is 1. The number of esters is 1. The first-order valence-corrected chi connectivity index (χ1v) is 5.99. The standard InChI is InChI=1S/C11H18N4O4/c1-5-19-8(16)6-12-11-10(15(17)18)9(7(2)3)13-14(11)4/h7,12H,5-6H2,1-4H3. The fourth-order valence-corrected chi connectivity index (χ4v) is 1.67. The van der Waals surface area contributed by atoms with Gasteiger partial charge < -0.3 is 10.1 Å². The average Bonchev–Trinajstić information content (AvgIpc) is 2.64. The summed E-state index contributed by atoms with van der Waals surface area (Å²) < 4.78 is 6.12. The van der Waals surface area contributed by atoms with Crippen LogP contribution in [0.2, 0.25) is 0 Å². The summed E-state index contributed by atoms with van der Waals surface area (Å²) in [6, 6.07) is 0. The summed E-state index contributed by atoms with van der Waals surface area (Å²) in [5.74, 6) is -0.337. The Morgan fingerprint density at radius 3 is 2.68 bits per heavy atom. The molecule has 8 heteroatoms. The van der Waals surface area contributed by atoms with Crippen LogP contribution in [0.5, 0.6) is 0 Å². The molecule has 0 unspecified atom stereocenters. The van der Waals surface area contributed by atoms with Crippen molar-refractivity contribution in [2.75, 3.05) is 18.5 Å². The Morgan fingerprint density at radius 2 is 2.21 bits per heavy atom. The lowest BCUT2D eigenvalue weighted by Gasteiger charge is -2.05. The maximum atomic E-state index is 11.3. The van der Waals surface area contributed by atoms with Crippen LogP contribution < -0.4 is 5.32 Å². The molecular formula is C11H18N4O4. The van der Waals surface area contributed by atoms with Gasteiger partial charge in [-0.1, -0.05) is 13.8 Å². The minimum atomic E-state index is -0.490. The Kier molecular flexibility index (Phi) is 4.85. The summed E-state index contributed by atoms with van der Waals surface area (Å²) in [7, 11) is 1.59. The van der Waals surface area contributed by atoms with Crippen LogP contribution in [0.25, 0.3) is 0 Å². The molecule has 0 aliphatic carbocycles. The molecule has 1 rings (SSSR count). The third kappa shape index (κ3) is 3.43. The van der Waals surface area contributed by atoms with Gasteiger partial charge in [-0.25, -0.2) is 4.68 Å². The van der Waals surface area contributed by atoms with Crippen molar-refractivity contribution in [1.29, 1.82) is 0 Å². The van der Waals surface area contributed by atoms with Crippen LogP contribution >= 0.6 is 0 Å². The van der Waals surface area contributed by atoms with E-state index in [1.807, 2.05) is 13.8 Å². The number of nitro groups is 1. The molecule has 0 radical (unpaired) electrons. The molecule has 0 aromatic carbocycles. The van der Waals surface area contributed by atoms with Crippen LogP contribution in [0.4, 0.5) is 11.5 Å². The van der Waals surface area contributed by atoms with Gasteiger partial charge in [0.05, 0.1) is 11.5 Å². The number of nitrogens with zero attached hydrogens (tertiary/aromatic N) is 3. The maximum absolute atomic E-state index is 11.3. The van der Waals surface area contributed by atoms with Gasteiger partial charge in [-0.2, -0.15) is 5.10 Å². The van der Waals surface area contributed by atoms with Gasteiger partial charge >= 0.3 is 11.7 Å². The van der Waals surface area contributed by atoms with Crippen molar-refractivity contribution in [3.8, 4) is 0 Å². The summed E-state index contributed by atoms with van der Waals surface area (Å²) >= 11 is 0. The monoisotopic (exact) mass is 270 g/mol. The summed E-state index contributed by atoms with van der Waals surface area (Å²) in [6.07, 6.45) is 0. The van der Waals surface area contributed by atoms with Crippen molar-refractivity contribution >= 4 is 17.5 Å². The quantitative estimate of drug-likeness (QED) is 0.477. The Hall–Kier alpha value is -2.12. The maximum Gasteiger partial charge on any atom is 0.334 e. The Morgan fingerprint density at radius 1 is 1.58 bits per heavy atom. The van der Waals surface area contributed by atoms with Crippen molar-refractivity contribution < 1.29 is 14.5 Å². The zero-order valence-corrected chi connectivity index (χ0v) is 11.5. The molecule has 0 aliphatic heterocycles. The summed E-state index contributed by atoms with van der Waals surface area (Å²) in [5, 5.41) is 17.9. The van der Waals surface area contributed by atoms with E-state index in [2.05, 4.69) is 10.4 Å².